The summed E-state index contributed by atoms with van der Waals surface area (Å²) in [5.41, 5.74) is 6.14. The fourth-order valence-corrected chi connectivity index (χ4v) is 2.67. The number of ether oxygens (including phenoxy) is 3. The third-order valence-corrected chi connectivity index (χ3v) is 3.80. The number of aromatic nitrogens is 1. The number of esters is 1. The van der Waals surface area contributed by atoms with Crippen molar-refractivity contribution in [1.29, 1.82) is 0 Å². The van der Waals surface area contributed by atoms with Crippen molar-refractivity contribution in [2.45, 2.75) is 38.8 Å². The standard InChI is InChI=1S/C19H24N2O6/c1-19(2,3)27-18(24)16(20)17-12-8-14(26-5)13(25-4)7-11(12)10(9-21-17)6-15(22)23/h7-9,16H,6,20H2,1-5H3,(H,22,23). The highest BCUT2D eigenvalue weighted by atomic mass is 16.6. The summed E-state index contributed by atoms with van der Waals surface area (Å²) in [6.07, 6.45) is 1.17. The van der Waals surface area contributed by atoms with E-state index in [1.165, 1.54) is 20.4 Å². The van der Waals surface area contributed by atoms with Crippen LogP contribution in [0.25, 0.3) is 10.8 Å². The van der Waals surface area contributed by atoms with Crippen molar-refractivity contribution in [2.24, 2.45) is 5.73 Å². The Hall–Kier alpha value is -2.87. The van der Waals surface area contributed by atoms with E-state index < -0.39 is 23.6 Å². The average molecular weight is 376 g/mol. The number of carbonyl (C=O) groups excluding carboxylic acids is 1. The molecule has 1 atom stereocenters. The SMILES string of the molecule is COc1cc2c(CC(=O)O)cnc(C(N)C(=O)OC(C)(C)C)c2cc1OC. The number of benzene rings is 1. The first-order valence-electron chi connectivity index (χ1n) is 8.31. The summed E-state index contributed by atoms with van der Waals surface area (Å²) in [6, 6.07) is 2.15. The van der Waals surface area contributed by atoms with E-state index in [-0.39, 0.29) is 12.1 Å². The third-order valence-electron chi connectivity index (χ3n) is 3.80. The van der Waals surface area contributed by atoms with Crippen LogP contribution in [0, 0.1) is 0 Å². The molecule has 0 saturated carbocycles. The highest BCUT2D eigenvalue weighted by Gasteiger charge is 2.27. The fraction of sp³-hybridized carbons (Fsp3) is 0.421. The first kappa shape index (κ1) is 20.4. The lowest BCUT2D eigenvalue weighted by molar-refractivity contribution is -0.156. The number of pyridine rings is 1. The highest BCUT2D eigenvalue weighted by Crippen LogP contribution is 2.36. The van der Waals surface area contributed by atoms with Gasteiger partial charge in [0.2, 0.25) is 0 Å². The molecular formula is C19H24N2O6. The second-order valence-corrected chi connectivity index (χ2v) is 7.00. The summed E-state index contributed by atoms with van der Waals surface area (Å²) < 4.78 is 16.0. The van der Waals surface area contributed by atoms with Crippen LogP contribution in [0.2, 0.25) is 0 Å². The summed E-state index contributed by atoms with van der Waals surface area (Å²) in [7, 11) is 2.96. The first-order valence-corrected chi connectivity index (χ1v) is 8.31. The van der Waals surface area contributed by atoms with Crippen molar-refractivity contribution in [2.75, 3.05) is 14.2 Å². The zero-order chi connectivity index (χ0) is 20.4. The molecule has 27 heavy (non-hydrogen) atoms. The third kappa shape index (κ3) is 4.65. The second kappa shape index (κ2) is 7.79. The summed E-state index contributed by atoms with van der Waals surface area (Å²) in [6.45, 7) is 5.23. The molecule has 0 saturated heterocycles. The Morgan fingerprint density at radius 2 is 1.70 bits per heavy atom. The molecule has 0 aliphatic carbocycles. The maximum atomic E-state index is 12.4. The number of aliphatic carboxylic acids is 1. The van der Waals surface area contributed by atoms with E-state index in [4.69, 9.17) is 25.1 Å². The van der Waals surface area contributed by atoms with Crippen LogP contribution in [-0.4, -0.2) is 41.8 Å². The van der Waals surface area contributed by atoms with Crippen LogP contribution in [0.5, 0.6) is 11.5 Å². The number of methoxy groups -OCH3 is 2. The van der Waals surface area contributed by atoms with Crippen molar-refractivity contribution >= 4 is 22.7 Å². The molecule has 0 radical (unpaired) electrons. The molecule has 3 N–H and O–H groups in total. The molecule has 146 valence electrons. The average Bonchev–Trinajstić information content (AvgIpc) is 2.58. The van der Waals surface area contributed by atoms with Gasteiger partial charge >= 0.3 is 11.9 Å². The normalized spacial score (nSPS) is 12.5. The number of hydrogen-bond acceptors (Lipinski definition) is 7. The van der Waals surface area contributed by atoms with Crippen LogP contribution >= 0.6 is 0 Å². The maximum Gasteiger partial charge on any atom is 0.329 e. The van der Waals surface area contributed by atoms with Gasteiger partial charge in [0.05, 0.1) is 26.3 Å². The molecule has 0 amide bonds. The zero-order valence-corrected chi connectivity index (χ0v) is 16.0. The molecule has 0 bridgehead atoms. The van der Waals surface area contributed by atoms with Crippen molar-refractivity contribution in [3.63, 3.8) is 0 Å². The van der Waals surface area contributed by atoms with Crippen LogP contribution in [0.15, 0.2) is 18.3 Å². The number of rotatable bonds is 6. The minimum Gasteiger partial charge on any atom is -0.493 e. The number of carboxylic acid groups (broad SMARTS) is 1. The smallest absolute Gasteiger partial charge is 0.329 e. The monoisotopic (exact) mass is 376 g/mol. The number of hydrogen-bond donors (Lipinski definition) is 2. The van der Waals surface area contributed by atoms with Gasteiger partial charge in [-0.2, -0.15) is 0 Å². The minimum atomic E-state index is -1.14. The molecular weight excluding hydrogens is 352 g/mol. The van der Waals surface area contributed by atoms with E-state index in [0.29, 0.717) is 27.8 Å². The number of nitrogens with zero attached hydrogens (tertiary/aromatic N) is 1. The summed E-state index contributed by atoms with van der Waals surface area (Å²) in [5.74, 6) is -0.786. The van der Waals surface area contributed by atoms with E-state index in [1.807, 2.05) is 0 Å². The van der Waals surface area contributed by atoms with Gasteiger partial charge in [0, 0.05) is 11.6 Å². The summed E-state index contributed by atoms with van der Waals surface area (Å²) >= 11 is 0. The molecule has 0 spiro atoms. The lowest BCUT2D eigenvalue weighted by Crippen LogP contribution is -2.32. The van der Waals surface area contributed by atoms with E-state index in [9.17, 15) is 9.59 Å². The molecule has 1 heterocycles. The fourth-order valence-electron chi connectivity index (χ4n) is 2.67. The van der Waals surface area contributed by atoms with Gasteiger partial charge in [-0.1, -0.05) is 0 Å². The van der Waals surface area contributed by atoms with Crippen LogP contribution in [0.3, 0.4) is 0 Å². The molecule has 0 fully saturated rings. The molecule has 0 aliphatic heterocycles. The molecule has 1 aromatic carbocycles. The van der Waals surface area contributed by atoms with Gasteiger partial charge in [-0.3, -0.25) is 9.78 Å². The van der Waals surface area contributed by atoms with Gasteiger partial charge in [-0.25, -0.2) is 4.79 Å². The largest absolute Gasteiger partial charge is 0.493 e. The predicted octanol–water partition coefficient (Wildman–Crippen LogP) is 2.22. The van der Waals surface area contributed by atoms with Crippen molar-refractivity contribution in [3.8, 4) is 11.5 Å². The Bertz CT molecular complexity index is 873. The van der Waals surface area contributed by atoms with Crippen LogP contribution < -0.4 is 15.2 Å². The van der Waals surface area contributed by atoms with Gasteiger partial charge < -0.3 is 25.1 Å². The van der Waals surface area contributed by atoms with Crippen molar-refractivity contribution < 1.29 is 28.9 Å². The van der Waals surface area contributed by atoms with Crippen LogP contribution in [-0.2, 0) is 20.7 Å². The topological polar surface area (TPSA) is 121 Å². The van der Waals surface area contributed by atoms with E-state index in [1.54, 1.807) is 32.9 Å². The summed E-state index contributed by atoms with van der Waals surface area (Å²) in [4.78, 5) is 27.9. The van der Waals surface area contributed by atoms with E-state index in [0.717, 1.165) is 0 Å². The number of nitrogens with two attached hydrogens (primary N) is 1. The Morgan fingerprint density at radius 3 is 2.19 bits per heavy atom. The molecule has 2 rings (SSSR count). The van der Waals surface area contributed by atoms with Gasteiger partial charge in [0.25, 0.3) is 0 Å². The highest BCUT2D eigenvalue weighted by molar-refractivity contribution is 5.95. The molecule has 8 nitrogen and oxygen atoms in total. The minimum absolute atomic E-state index is 0.235. The Morgan fingerprint density at radius 1 is 1.15 bits per heavy atom. The van der Waals surface area contributed by atoms with Crippen LogP contribution in [0.1, 0.15) is 38.1 Å². The number of fused-ring (bicyclic) bond motifs is 1. The zero-order valence-electron chi connectivity index (χ0n) is 16.0. The molecule has 1 aromatic heterocycles. The van der Waals surface area contributed by atoms with Crippen LogP contribution in [0.4, 0.5) is 0 Å². The Labute approximate surface area is 157 Å². The molecule has 8 heteroatoms. The van der Waals surface area contributed by atoms with Gasteiger partial charge in [-0.05, 0) is 43.9 Å². The number of carboxylic acids is 1. The van der Waals surface area contributed by atoms with E-state index in [2.05, 4.69) is 4.98 Å². The molecule has 1 unspecified atom stereocenters. The second-order valence-electron chi connectivity index (χ2n) is 7.00. The van der Waals surface area contributed by atoms with Gasteiger partial charge in [0.15, 0.2) is 11.5 Å². The van der Waals surface area contributed by atoms with Gasteiger partial charge in [-0.15, -0.1) is 0 Å². The van der Waals surface area contributed by atoms with Gasteiger partial charge in [0.1, 0.15) is 11.6 Å². The Balaban J connectivity index is 2.66. The van der Waals surface area contributed by atoms with Crippen molar-refractivity contribution in [3.05, 3.63) is 29.6 Å². The molecule has 2 aromatic rings. The lowest BCUT2D eigenvalue weighted by Gasteiger charge is -2.23. The first-order chi connectivity index (χ1) is 12.6. The van der Waals surface area contributed by atoms with E-state index >= 15 is 0 Å². The van der Waals surface area contributed by atoms with Crippen molar-refractivity contribution in [1.82, 2.24) is 4.98 Å². The maximum absolute atomic E-state index is 12.4. The quantitative estimate of drug-likeness (QED) is 0.736. The number of carbonyl (C=O) groups is 2. The Kier molecular flexibility index (Phi) is 5.90. The molecule has 0 aliphatic rings. The predicted molar refractivity (Wildman–Crippen MR) is 99.0 cm³/mol. The summed E-state index contributed by atoms with van der Waals surface area (Å²) in [5, 5.41) is 10.2. The lowest BCUT2D eigenvalue weighted by atomic mass is 9.99.